The van der Waals surface area contributed by atoms with E-state index >= 15 is 0 Å². The number of anilines is 1. The second-order valence-electron chi connectivity index (χ2n) is 4.69. The molecule has 2 rings (SSSR count). The van der Waals surface area contributed by atoms with Gasteiger partial charge < -0.3 is 16.4 Å². The van der Waals surface area contributed by atoms with E-state index in [0.29, 0.717) is 11.6 Å². The minimum Gasteiger partial charge on any atom is -0.371 e. The van der Waals surface area contributed by atoms with E-state index in [4.69, 9.17) is 11.5 Å². The maximum absolute atomic E-state index is 11.1. The third-order valence-electron chi connectivity index (χ3n) is 3.38. The Kier molecular flexibility index (Phi) is 3.33. The number of hydrogen-bond donors (Lipinski definition) is 2. The minimum absolute atomic E-state index is 0.331. The zero-order valence-corrected chi connectivity index (χ0v) is 10.1. The van der Waals surface area contributed by atoms with Crippen LogP contribution in [0.4, 0.5) is 5.69 Å². The highest BCUT2D eigenvalue weighted by atomic mass is 16.1. The number of amides is 1. The molecular formula is C13H19N3O. The predicted octanol–water partition coefficient (Wildman–Crippen LogP) is 1.02. The number of carbonyl (C=O) groups is 1. The van der Waals surface area contributed by atoms with Crippen LogP contribution in [0.5, 0.6) is 0 Å². The van der Waals surface area contributed by atoms with Gasteiger partial charge in [-0.05, 0) is 43.5 Å². The first-order chi connectivity index (χ1) is 8.08. The fourth-order valence-corrected chi connectivity index (χ4v) is 2.28. The van der Waals surface area contributed by atoms with Crippen LogP contribution in [0, 0.1) is 6.92 Å². The molecule has 1 fully saturated rings. The zero-order valence-electron chi connectivity index (χ0n) is 10.1. The molecule has 1 heterocycles. The van der Waals surface area contributed by atoms with Crippen molar-refractivity contribution in [3.05, 3.63) is 29.3 Å². The van der Waals surface area contributed by atoms with E-state index in [-0.39, 0.29) is 5.91 Å². The summed E-state index contributed by atoms with van der Waals surface area (Å²) in [6, 6.07) is 6.12. The summed E-state index contributed by atoms with van der Waals surface area (Å²) < 4.78 is 0. The third-order valence-corrected chi connectivity index (χ3v) is 3.38. The molecule has 0 atom stereocenters. The first kappa shape index (κ1) is 11.9. The Bertz CT molecular complexity index is 423. The normalized spacial score (nSPS) is 17.2. The lowest BCUT2D eigenvalue weighted by Crippen LogP contribution is -2.39. The number of nitrogens with two attached hydrogens (primary N) is 2. The van der Waals surface area contributed by atoms with Gasteiger partial charge in [-0.1, -0.05) is 0 Å². The molecule has 0 aliphatic carbocycles. The molecule has 4 heteroatoms. The van der Waals surface area contributed by atoms with Crippen LogP contribution in [0.2, 0.25) is 0 Å². The monoisotopic (exact) mass is 233 g/mol. The maximum atomic E-state index is 11.1. The van der Waals surface area contributed by atoms with Crippen molar-refractivity contribution in [1.29, 1.82) is 0 Å². The molecule has 4 N–H and O–H groups in total. The van der Waals surface area contributed by atoms with Gasteiger partial charge in [0.15, 0.2) is 0 Å². The molecule has 0 radical (unpaired) electrons. The SMILES string of the molecule is Cc1cc(N2CCC(N)CC2)ccc1C(N)=O. The molecule has 1 aliphatic rings. The highest BCUT2D eigenvalue weighted by Crippen LogP contribution is 2.22. The van der Waals surface area contributed by atoms with Crippen molar-refractivity contribution < 1.29 is 4.79 Å². The van der Waals surface area contributed by atoms with Gasteiger partial charge in [0.1, 0.15) is 0 Å². The zero-order chi connectivity index (χ0) is 12.4. The topological polar surface area (TPSA) is 72.3 Å². The van der Waals surface area contributed by atoms with Gasteiger partial charge in [-0.25, -0.2) is 0 Å². The Morgan fingerprint density at radius 2 is 2.00 bits per heavy atom. The summed E-state index contributed by atoms with van der Waals surface area (Å²) in [5.41, 5.74) is 13.9. The summed E-state index contributed by atoms with van der Waals surface area (Å²) in [5.74, 6) is -0.366. The van der Waals surface area contributed by atoms with E-state index in [0.717, 1.165) is 37.2 Å². The second-order valence-corrected chi connectivity index (χ2v) is 4.69. The summed E-state index contributed by atoms with van der Waals surface area (Å²) >= 11 is 0. The van der Waals surface area contributed by atoms with Crippen molar-refractivity contribution in [1.82, 2.24) is 0 Å². The lowest BCUT2D eigenvalue weighted by molar-refractivity contribution is 0.1000. The van der Waals surface area contributed by atoms with Gasteiger partial charge in [0, 0.05) is 30.4 Å². The lowest BCUT2D eigenvalue weighted by atomic mass is 10.0. The molecule has 1 amide bonds. The van der Waals surface area contributed by atoms with Crippen molar-refractivity contribution in [3.8, 4) is 0 Å². The van der Waals surface area contributed by atoms with Crippen LogP contribution in [0.25, 0.3) is 0 Å². The number of hydrogen-bond acceptors (Lipinski definition) is 3. The molecule has 0 spiro atoms. The van der Waals surface area contributed by atoms with Gasteiger partial charge in [0.2, 0.25) is 5.91 Å². The van der Waals surface area contributed by atoms with E-state index in [1.165, 1.54) is 0 Å². The Balaban J connectivity index is 2.17. The molecule has 1 saturated heterocycles. The summed E-state index contributed by atoms with van der Waals surface area (Å²) in [5, 5.41) is 0. The number of aryl methyl sites for hydroxylation is 1. The number of rotatable bonds is 2. The Morgan fingerprint density at radius 1 is 1.35 bits per heavy atom. The molecular weight excluding hydrogens is 214 g/mol. The lowest BCUT2D eigenvalue weighted by Gasteiger charge is -2.32. The number of nitrogens with zero attached hydrogens (tertiary/aromatic N) is 1. The van der Waals surface area contributed by atoms with Gasteiger partial charge in [-0.2, -0.15) is 0 Å². The molecule has 0 bridgehead atoms. The van der Waals surface area contributed by atoms with Crippen molar-refractivity contribution >= 4 is 11.6 Å². The van der Waals surface area contributed by atoms with Gasteiger partial charge in [-0.15, -0.1) is 0 Å². The van der Waals surface area contributed by atoms with Crippen LogP contribution < -0.4 is 16.4 Å². The molecule has 17 heavy (non-hydrogen) atoms. The first-order valence-electron chi connectivity index (χ1n) is 5.99. The summed E-state index contributed by atoms with van der Waals surface area (Å²) in [4.78, 5) is 13.5. The van der Waals surface area contributed by atoms with Crippen LogP contribution in [-0.2, 0) is 0 Å². The van der Waals surface area contributed by atoms with Crippen LogP contribution in [0.3, 0.4) is 0 Å². The van der Waals surface area contributed by atoms with E-state index < -0.39 is 0 Å². The smallest absolute Gasteiger partial charge is 0.248 e. The first-order valence-corrected chi connectivity index (χ1v) is 5.99. The standard InChI is InChI=1S/C13H19N3O/c1-9-8-11(2-3-12(9)13(15)17)16-6-4-10(14)5-7-16/h2-3,8,10H,4-7,14H2,1H3,(H2,15,17). The Morgan fingerprint density at radius 3 is 2.53 bits per heavy atom. The van der Waals surface area contributed by atoms with Gasteiger partial charge >= 0.3 is 0 Å². The van der Waals surface area contributed by atoms with E-state index in [9.17, 15) is 4.79 Å². The fourth-order valence-electron chi connectivity index (χ4n) is 2.28. The highest BCUT2D eigenvalue weighted by molar-refractivity contribution is 5.94. The van der Waals surface area contributed by atoms with Gasteiger partial charge in [0.05, 0.1) is 0 Å². The van der Waals surface area contributed by atoms with Crippen LogP contribution in [-0.4, -0.2) is 25.0 Å². The predicted molar refractivity (Wildman–Crippen MR) is 69.1 cm³/mol. The molecule has 1 aromatic rings. The van der Waals surface area contributed by atoms with Gasteiger partial charge in [-0.3, -0.25) is 4.79 Å². The summed E-state index contributed by atoms with van der Waals surface area (Å²) in [6.45, 7) is 3.88. The third kappa shape index (κ3) is 2.58. The number of primary amides is 1. The van der Waals surface area contributed by atoms with Crippen molar-refractivity contribution in [2.45, 2.75) is 25.8 Å². The van der Waals surface area contributed by atoms with Crippen LogP contribution >= 0.6 is 0 Å². The second kappa shape index (κ2) is 4.75. The van der Waals surface area contributed by atoms with Gasteiger partial charge in [0.25, 0.3) is 0 Å². The molecule has 0 aromatic heterocycles. The molecule has 1 aliphatic heterocycles. The largest absolute Gasteiger partial charge is 0.371 e. The average Bonchev–Trinajstić information content (AvgIpc) is 2.29. The highest BCUT2D eigenvalue weighted by Gasteiger charge is 2.17. The van der Waals surface area contributed by atoms with Crippen molar-refractivity contribution in [3.63, 3.8) is 0 Å². The number of piperidine rings is 1. The average molecular weight is 233 g/mol. The van der Waals surface area contributed by atoms with E-state index in [1.807, 2.05) is 25.1 Å². The van der Waals surface area contributed by atoms with Crippen molar-refractivity contribution in [2.24, 2.45) is 11.5 Å². The number of benzene rings is 1. The Hall–Kier alpha value is -1.55. The van der Waals surface area contributed by atoms with Crippen LogP contribution in [0.15, 0.2) is 18.2 Å². The fraction of sp³-hybridized carbons (Fsp3) is 0.462. The van der Waals surface area contributed by atoms with E-state index in [1.54, 1.807) is 0 Å². The molecule has 1 aromatic carbocycles. The quantitative estimate of drug-likeness (QED) is 0.801. The Labute approximate surface area is 102 Å². The molecule has 4 nitrogen and oxygen atoms in total. The minimum atomic E-state index is -0.366. The van der Waals surface area contributed by atoms with Crippen LogP contribution in [0.1, 0.15) is 28.8 Å². The number of carbonyl (C=O) groups excluding carboxylic acids is 1. The summed E-state index contributed by atoms with van der Waals surface area (Å²) in [7, 11) is 0. The van der Waals surface area contributed by atoms with Crippen molar-refractivity contribution in [2.75, 3.05) is 18.0 Å². The molecule has 0 saturated carbocycles. The molecule has 0 unspecified atom stereocenters. The van der Waals surface area contributed by atoms with E-state index in [2.05, 4.69) is 4.90 Å². The maximum Gasteiger partial charge on any atom is 0.248 e. The summed E-state index contributed by atoms with van der Waals surface area (Å²) in [6.07, 6.45) is 2.05. The molecule has 92 valence electrons.